The van der Waals surface area contributed by atoms with E-state index in [1.165, 1.54) is 0 Å². The number of hydrogen-bond donors (Lipinski definition) is 1. The maximum absolute atomic E-state index is 12.4. The van der Waals surface area contributed by atoms with Crippen molar-refractivity contribution in [3.63, 3.8) is 0 Å². The lowest BCUT2D eigenvalue weighted by molar-refractivity contribution is -0.135. The second-order valence-corrected chi connectivity index (χ2v) is 5.33. The summed E-state index contributed by atoms with van der Waals surface area (Å²) in [5.74, 6) is 1.48. The van der Waals surface area contributed by atoms with Crippen molar-refractivity contribution in [2.45, 2.75) is 26.8 Å². The minimum absolute atomic E-state index is 0.0835. The average molecular weight is 322 g/mol. The Hall–Kier alpha value is -1.95. The highest BCUT2D eigenvalue weighted by molar-refractivity contribution is 5.84. The molecule has 1 atom stereocenters. The van der Waals surface area contributed by atoms with Gasteiger partial charge in [0.05, 0.1) is 26.4 Å². The molecular weight excluding hydrogens is 296 g/mol. The van der Waals surface area contributed by atoms with Crippen LogP contribution in [0.1, 0.15) is 20.8 Å². The van der Waals surface area contributed by atoms with Gasteiger partial charge in [-0.15, -0.1) is 0 Å². The van der Waals surface area contributed by atoms with E-state index in [1.54, 1.807) is 0 Å². The van der Waals surface area contributed by atoms with Crippen molar-refractivity contribution in [1.29, 1.82) is 0 Å². The molecule has 1 aliphatic heterocycles. The Bertz CT molecular complexity index is 515. The van der Waals surface area contributed by atoms with Gasteiger partial charge in [0.1, 0.15) is 6.04 Å². The first-order chi connectivity index (χ1) is 11.2. The summed E-state index contributed by atoms with van der Waals surface area (Å²) in [6.45, 7) is 9.40. The Morgan fingerprint density at radius 1 is 1.22 bits per heavy atom. The topological polar surface area (TPSA) is 60.0 Å². The van der Waals surface area contributed by atoms with Crippen LogP contribution in [-0.4, -0.2) is 56.4 Å². The van der Waals surface area contributed by atoms with Gasteiger partial charge in [-0.2, -0.15) is 0 Å². The van der Waals surface area contributed by atoms with Crippen LogP contribution in [0.4, 0.5) is 5.69 Å². The third kappa shape index (κ3) is 4.76. The van der Waals surface area contributed by atoms with Crippen molar-refractivity contribution >= 4 is 11.6 Å². The van der Waals surface area contributed by atoms with Gasteiger partial charge in [0.15, 0.2) is 11.5 Å². The second kappa shape index (κ2) is 8.62. The Balaban J connectivity index is 2.03. The number of ether oxygens (including phenoxy) is 3. The van der Waals surface area contributed by atoms with Crippen LogP contribution in [0.2, 0.25) is 0 Å². The van der Waals surface area contributed by atoms with Gasteiger partial charge in [0.25, 0.3) is 0 Å². The zero-order valence-electron chi connectivity index (χ0n) is 14.1. The number of morpholine rings is 1. The van der Waals surface area contributed by atoms with Gasteiger partial charge in [-0.1, -0.05) is 0 Å². The van der Waals surface area contributed by atoms with E-state index in [2.05, 4.69) is 5.32 Å². The smallest absolute Gasteiger partial charge is 0.244 e. The lowest BCUT2D eigenvalue weighted by Crippen LogP contribution is -2.46. The molecule has 1 N–H and O–H groups in total. The van der Waals surface area contributed by atoms with Crippen molar-refractivity contribution < 1.29 is 19.0 Å². The van der Waals surface area contributed by atoms with E-state index in [0.717, 1.165) is 5.69 Å². The fraction of sp³-hybridized carbons (Fsp3) is 0.588. The van der Waals surface area contributed by atoms with E-state index < -0.39 is 0 Å². The normalized spacial score (nSPS) is 15.9. The lowest BCUT2D eigenvalue weighted by atomic mass is 10.2. The van der Waals surface area contributed by atoms with Gasteiger partial charge in [0, 0.05) is 24.8 Å². The molecule has 1 fully saturated rings. The van der Waals surface area contributed by atoms with Crippen LogP contribution in [0.3, 0.4) is 0 Å². The van der Waals surface area contributed by atoms with E-state index >= 15 is 0 Å². The molecule has 1 saturated heterocycles. The largest absolute Gasteiger partial charge is 0.490 e. The molecule has 0 aromatic heterocycles. The fourth-order valence-corrected chi connectivity index (χ4v) is 2.51. The summed E-state index contributed by atoms with van der Waals surface area (Å²) in [6.07, 6.45) is 0. The third-order valence-electron chi connectivity index (χ3n) is 3.62. The molecular formula is C17H26N2O4. The first-order valence-corrected chi connectivity index (χ1v) is 8.18. The van der Waals surface area contributed by atoms with Crippen molar-refractivity contribution in [2.24, 2.45) is 0 Å². The predicted octanol–water partition coefficient (Wildman–Crippen LogP) is 2.14. The van der Waals surface area contributed by atoms with Crippen LogP contribution in [-0.2, 0) is 9.53 Å². The van der Waals surface area contributed by atoms with Crippen molar-refractivity contribution in [1.82, 2.24) is 4.90 Å². The van der Waals surface area contributed by atoms with Crippen LogP contribution >= 0.6 is 0 Å². The van der Waals surface area contributed by atoms with Crippen LogP contribution in [0, 0.1) is 0 Å². The van der Waals surface area contributed by atoms with Crippen molar-refractivity contribution in [3.05, 3.63) is 18.2 Å². The monoisotopic (exact) mass is 322 g/mol. The third-order valence-corrected chi connectivity index (χ3v) is 3.62. The van der Waals surface area contributed by atoms with Crippen molar-refractivity contribution in [3.8, 4) is 11.5 Å². The molecule has 2 rings (SSSR count). The summed E-state index contributed by atoms with van der Waals surface area (Å²) >= 11 is 0. The first-order valence-electron chi connectivity index (χ1n) is 8.18. The van der Waals surface area contributed by atoms with E-state index in [4.69, 9.17) is 14.2 Å². The van der Waals surface area contributed by atoms with E-state index in [1.807, 2.05) is 43.9 Å². The van der Waals surface area contributed by atoms with Gasteiger partial charge < -0.3 is 24.4 Å². The zero-order chi connectivity index (χ0) is 16.7. The molecule has 1 heterocycles. The molecule has 128 valence electrons. The maximum atomic E-state index is 12.4. The summed E-state index contributed by atoms with van der Waals surface area (Å²) < 4.78 is 16.4. The number of anilines is 1. The Morgan fingerprint density at radius 3 is 2.52 bits per heavy atom. The molecule has 1 aliphatic rings. The summed E-state index contributed by atoms with van der Waals surface area (Å²) in [7, 11) is 0. The molecule has 1 aromatic rings. The van der Waals surface area contributed by atoms with E-state index in [9.17, 15) is 4.79 Å². The van der Waals surface area contributed by atoms with Gasteiger partial charge >= 0.3 is 0 Å². The molecule has 0 unspecified atom stereocenters. The molecule has 6 heteroatoms. The summed E-state index contributed by atoms with van der Waals surface area (Å²) in [6, 6.07) is 5.33. The van der Waals surface area contributed by atoms with Gasteiger partial charge in [-0.3, -0.25) is 4.79 Å². The molecule has 0 saturated carbocycles. The van der Waals surface area contributed by atoms with Gasteiger partial charge in [-0.25, -0.2) is 0 Å². The van der Waals surface area contributed by atoms with Crippen LogP contribution < -0.4 is 14.8 Å². The molecule has 0 bridgehead atoms. The molecule has 0 radical (unpaired) electrons. The highest BCUT2D eigenvalue weighted by Crippen LogP contribution is 2.31. The second-order valence-electron chi connectivity index (χ2n) is 5.33. The Labute approximate surface area is 137 Å². The van der Waals surface area contributed by atoms with E-state index in [-0.39, 0.29) is 11.9 Å². The number of nitrogens with zero attached hydrogens (tertiary/aromatic N) is 1. The summed E-state index contributed by atoms with van der Waals surface area (Å²) in [4.78, 5) is 14.3. The molecule has 1 aromatic carbocycles. The number of nitrogens with one attached hydrogen (secondary N) is 1. The maximum Gasteiger partial charge on any atom is 0.244 e. The summed E-state index contributed by atoms with van der Waals surface area (Å²) in [5.41, 5.74) is 0.839. The number of amides is 1. The first kappa shape index (κ1) is 17.4. The fourth-order valence-electron chi connectivity index (χ4n) is 2.51. The van der Waals surface area contributed by atoms with E-state index in [0.29, 0.717) is 51.0 Å². The van der Waals surface area contributed by atoms with Crippen LogP contribution in [0.5, 0.6) is 11.5 Å². The highest BCUT2D eigenvalue weighted by Gasteiger charge is 2.22. The number of hydrogen-bond acceptors (Lipinski definition) is 5. The number of benzene rings is 1. The quantitative estimate of drug-likeness (QED) is 0.833. The highest BCUT2D eigenvalue weighted by atomic mass is 16.5. The minimum Gasteiger partial charge on any atom is -0.490 e. The Morgan fingerprint density at radius 2 is 1.87 bits per heavy atom. The predicted molar refractivity (Wildman–Crippen MR) is 89.3 cm³/mol. The average Bonchev–Trinajstić information content (AvgIpc) is 2.57. The molecule has 0 spiro atoms. The lowest BCUT2D eigenvalue weighted by Gasteiger charge is -2.29. The van der Waals surface area contributed by atoms with Crippen LogP contribution in [0.25, 0.3) is 0 Å². The number of carbonyl (C=O) groups is 1. The number of rotatable bonds is 7. The molecule has 6 nitrogen and oxygen atoms in total. The SMILES string of the molecule is CCOc1ccc(N[C@@H](C)C(=O)N2CCOCC2)cc1OCC. The van der Waals surface area contributed by atoms with Gasteiger partial charge in [0.2, 0.25) is 5.91 Å². The standard InChI is InChI=1S/C17H26N2O4/c1-4-22-15-7-6-14(12-16(15)23-5-2)18-13(3)17(20)19-8-10-21-11-9-19/h6-7,12-13,18H,4-5,8-11H2,1-3H3/t13-/m0/s1. The Kier molecular flexibility index (Phi) is 6.52. The van der Waals surface area contributed by atoms with Gasteiger partial charge in [-0.05, 0) is 32.9 Å². The molecule has 0 aliphatic carbocycles. The number of carbonyl (C=O) groups excluding carboxylic acids is 1. The molecule has 1 amide bonds. The van der Waals surface area contributed by atoms with Crippen molar-refractivity contribution in [2.75, 3.05) is 44.8 Å². The molecule has 23 heavy (non-hydrogen) atoms. The minimum atomic E-state index is -0.305. The zero-order valence-corrected chi connectivity index (χ0v) is 14.1. The summed E-state index contributed by atoms with van der Waals surface area (Å²) in [5, 5.41) is 3.24. The van der Waals surface area contributed by atoms with Crippen LogP contribution in [0.15, 0.2) is 18.2 Å².